The highest BCUT2D eigenvalue weighted by Crippen LogP contribution is 2.50. The summed E-state index contributed by atoms with van der Waals surface area (Å²) in [4.78, 5) is 16.0. The van der Waals surface area contributed by atoms with Crippen LogP contribution in [-0.2, 0) is 0 Å². The van der Waals surface area contributed by atoms with Gasteiger partial charge < -0.3 is 4.90 Å². The predicted octanol–water partition coefficient (Wildman–Crippen LogP) is 5.89. The van der Waals surface area contributed by atoms with Crippen molar-refractivity contribution in [3.05, 3.63) is 113 Å². The second-order valence-corrected chi connectivity index (χ2v) is 7.66. The Labute approximate surface area is 166 Å². The molecule has 0 bridgehead atoms. The number of carbonyl (C=O) groups is 1. The molecule has 0 N–H and O–H groups in total. The van der Waals surface area contributed by atoms with Gasteiger partial charge in [-0.25, -0.2) is 0 Å². The van der Waals surface area contributed by atoms with Gasteiger partial charge in [-0.1, -0.05) is 91.0 Å². The van der Waals surface area contributed by atoms with Gasteiger partial charge in [0.05, 0.1) is 11.7 Å². The molecule has 2 aliphatic rings. The molecule has 0 radical (unpaired) electrons. The molecule has 138 valence electrons. The summed E-state index contributed by atoms with van der Waals surface area (Å²) in [6.07, 6.45) is 3.16. The number of Topliss-reactive ketones (excluding diaryl/α,β-unsaturated/α-hetero) is 1. The largest absolute Gasteiger partial charge is 0.360 e. The first-order chi connectivity index (χ1) is 13.8. The molecular formula is C26H23NO. The van der Waals surface area contributed by atoms with Crippen molar-refractivity contribution < 1.29 is 4.79 Å². The van der Waals surface area contributed by atoms with E-state index < -0.39 is 0 Å². The van der Waals surface area contributed by atoms with Crippen molar-refractivity contribution in [3.8, 4) is 0 Å². The lowest BCUT2D eigenvalue weighted by Gasteiger charge is -2.30. The Bertz CT molecular complexity index is 1000. The highest BCUT2D eigenvalue weighted by atomic mass is 16.1. The summed E-state index contributed by atoms with van der Waals surface area (Å²) in [7, 11) is 0. The lowest BCUT2D eigenvalue weighted by Crippen LogP contribution is -2.25. The van der Waals surface area contributed by atoms with Gasteiger partial charge in [-0.15, -0.1) is 0 Å². The molecule has 0 unspecified atom stereocenters. The summed E-state index contributed by atoms with van der Waals surface area (Å²) < 4.78 is 0. The molecule has 1 aliphatic heterocycles. The maximum absolute atomic E-state index is 13.5. The van der Waals surface area contributed by atoms with Gasteiger partial charge in [0, 0.05) is 23.6 Å². The molecule has 28 heavy (non-hydrogen) atoms. The molecule has 3 aromatic rings. The first-order valence-corrected chi connectivity index (χ1v) is 10.0. The Hall–Kier alpha value is -3.13. The zero-order valence-corrected chi connectivity index (χ0v) is 15.8. The van der Waals surface area contributed by atoms with Crippen LogP contribution in [0.3, 0.4) is 0 Å². The van der Waals surface area contributed by atoms with Crippen LogP contribution < -0.4 is 0 Å². The molecule has 3 aromatic carbocycles. The van der Waals surface area contributed by atoms with Gasteiger partial charge in [0.1, 0.15) is 0 Å². The summed E-state index contributed by atoms with van der Waals surface area (Å²) in [5.41, 5.74) is 5.28. The molecule has 1 atom stereocenters. The molecule has 1 heterocycles. The molecule has 1 saturated carbocycles. The molecular weight excluding hydrogens is 342 g/mol. The van der Waals surface area contributed by atoms with Crippen LogP contribution in [0.25, 0.3) is 5.70 Å². The normalized spacial score (nSPS) is 19.1. The molecule has 2 heteroatoms. The summed E-state index contributed by atoms with van der Waals surface area (Å²) in [6, 6.07) is 31.5. The van der Waals surface area contributed by atoms with Crippen LogP contribution in [0.2, 0.25) is 0 Å². The maximum atomic E-state index is 13.5. The Kier molecular flexibility index (Phi) is 4.32. The van der Waals surface area contributed by atoms with Crippen molar-refractivity contribution in [2.45, 2.75) is 31.3 Å². The van der Waals surface area contributed by atoms with Gasteiger partial charge in [0.2, 0.25) is 0 Å². The molecule has 1 fully saturated rings. The predicted molar refractivity (Wildman–Crippen MR) is 113 cm³/mol. The van der Waals surface area contributed by atoms with Crippen LogP contribution in [-0.4, -0.2) is 16.7 Å². The van der Waals surface area contributed by atoms with Gasteiger partial charge in [-0.05, 0) is 24.0 Å². The SMILES string of the molecule is O=C(C1=C(c2ccccc2)N(C2CC2)[C@@H](c2ccccc2)C1)c1ccccc1. The fourth-order valence-corrected chi connectivity index (χ4v) is 4.33. The van der Waals surface area contributed by atoms with E-state index in [-0.39, 0.29) is 11.8 Å². The minimum atomic E-state index is 0.156. The van der Waals surface area contributed by atoms with E-state index in [9.17, 15) is 4.79 Å². The lowest BCUT2D eigenvalue weighted by atomic mass is 9.95. The average Bonchev–Trinajstić information content (AvgIpc) is 3.54. The van der Waals surface area contributed by atoms with E-state index in [4.69, 9.17) is 0 Å². The average molecular weight is 365 g/mol. The quantitative estimate of drug-likeness (QED) is 0.525. The summed E-state index contributed by atoms with van der Waals surface area (Å²) >= 11 is 0. The standard InChI is InChI=1S/C26H23NO/c28-26(21-14-8-3-9-15-21)23-18-24(19-10-4-1-5-11-19)27(22-16-17-22)25(23)20-12-6-2-7-13-20/h1-15,22,24H,16-18H2/t24-/m1/s1. The second kappa shape index (κ2) is 7.12. The van der Waals surface area contributed by atoms with Crippen molar-refractivity contribution in [1.29, 1.82) is 0 Å². The molecule has 0 amide bonds. The lowest BCUT2D eigenvalue weighted by molar-refractivity contribution is 0.103. The summed E-state index contributed by atoms with van der Waals surface area (Å²) in [5, 5.41) is 0. The van der Waals surface area contributed by atoms with Gasteiger partial charge in [0.15, 0.2) is 5.78 Å². The van der Waals surface area contributed by atoms with Gasteiger partial charge >= 0.3 is 0 Å². The third-order valence-corrected chi connectivity index (χ3v) is 5.76. The van der Waals surface area contributed by atoms with Crippen LogP contribution in [0, 0.1) is 0 Å². The van der Waals surface area contributed by atoms with Crippen molar-refractivity contribution in [2.24, 2.45) is 0 Å². The van der Waals surface area contributed by atoms with Gasteiger partial charge in [-0.3, -0.25) is 4.79 Å². The fourth-order valence-electron chi connectivity index (χ4n) is 4.33. The number of hydrogen-bond acceptors (Lipinski definition) is 2. The zero-order chi connectivity index (χ0) is 18.9. The first-order valence-electron chi connectivity index (χ1n) is 10.0. The summed E-state index contributed by atoms with van der Waals surface area (Å²) in [6.45, 7) is 0. The smallest absolute Gasteiger partial charge is 0.191 e. The van der Waals surface area contributed by atoms with E-state index in [0.717, 1.165) is 28.8 Å². The third-order valence-electron chi connectivity index (χ3n) is 5.76. The van der Waals surface area contributed by atoms with E-state index >= 15 is 0 Å². The topological polar surface area (TPSA) is 20.3 Å². The van der Waals surface area contributed by atoms with Gasteiger partial charge in [0.25, 0.3) is 0 Å². The zero-order valence-electron chi connectivity index (χ0n) is 15.8. The Morgan fingerprint density at radius 3 is 1.93 bits per heavy atom. The van der Waals surface area contributed by atoms with Crippen LogP contribution in [0.4, 0.5) is 0 Å². The van der Waals surface area contributed by atoms with E-state index in [0.29, 0.717) is 6.04 Å². The molecule has 0 spiro atoms. The Morgan fingerprint density at radius 2 is 1.32 bits per heavy atom. The fraction of sp³-hybridized carbons (Fsp3) is 0.192. The highest BCUT2D eigenvalue weighted by Gasteiger charge is 2.43. The van der Waals surface area contributed by atoms with Crippen molar-refractivity contribution in [1.82, 2.24) is 4.90 Å². The Morgan fingerprint density at radius 1 is 0.750 bits per heavy atom. The molecule has 0 saturated heterocycles. The summed E-state index contributed by atoms with van der Waals surface area (Å²) in [5.74, 6) is 0.156. The first kappa shape index (κ1) is 17.0. The van der Waals surface area contributed by atoms with Crippen molar-refractivity contribution >= 4 is 11.5 Å². The molecule has 5 rings (SSSR count). The second-order valence-electron chi connectivity index (χ2n) is 7.66. The molecule has 1 aliphatic carbocycles. The van der Waals surface area contributed by atoms with E-state index in [1.165, 1.54) is 18.4 Å². The van der Waals surface area contributed by atoms with Crippen LogP contribution in [0.1, 0.15) is 46.8 Å². The number of carbonyl (C=O) groups excluding carboxylic acids is 1. The number of nitrogens with zero attached hydrogens (tertiary/aromatic N) is 1. The third kappa shape index (κ3) is 3.05. The maximum Gasteiger partial charge on any atom is 0.191 e. The Balaban J connectivity index is 1.65. The van der Waals surface area contributed by atoms with Crippen LogP contribution in [0.15, 0.2) is 96.6 Å². The van der Waals surface area contributed by atoms with Crippen LogP contribution >= 0.6 is 0 Å². The number of rotatable bonds is 5. The molecule has 2 nitrogen and oxygen atoms in total. The highest BCUT2D eigenvalue weighted by molar-refractivity contribution is 6.13. The van der Waals surface area contributed by atoms with Gasteiger partial charge in [-0.2, -0.15) is 0 Å². The van der Waals surface area contributed by atoms with Crippen molar-refractivity contribution in [2.75, 3.05) is 0 Å². The number of benzene rings is 3. The minimum Gasteiger partial charge on any atom is -0.360 e. The monoisotopic (exact) mass is 365 g/mol. The van der Waals surface area contributed by atoms with Crippen molar-refractivity contribution in [3.63, 3.8) is 0 Å². The van der Waals surface area contributed by atoms with E-state index in [1.54, 1.807) is 0 Å². The van der Waals surface area contributed by atoms with Crippen LogP contribution in [0.5, 0.6) is 0 Å². The number of hydrogen-bond donors (Lipinski definition) is 0. The molecule has 0 aromatic heterocycles. The minimum absolute atomic E-state index is 0.156. The van der Waals surface area contributed by atoms with E-state index in [1.807, 2.05) is 36.4 Å². The number of ketones is 1. The van der Waals surface area contributed by atoms with E-state index in [2.05, 4.69) is 59.5 Å².